The van der Waals surface area contributed by atoms with Crippen LogP contribution in [0.3, 0.4) is 0 Å². The highest BCUT2D eigenvalue weighted by Gasteiger charge is 2.14. The molecule has 3 rings (SSSR count). The predicted octanol–water partition coefficient (Wildman–Crippen LogP) is 1.48. The Balaban J connectivity index is 1.99. The van der Waals surface area contributed by atoms with Gasteiger partial charge in [-0.2, -0.15) is 10.2 Å². The summed E-state index contributed by atoms with van der Waals surface area (Å²) >= 11 is 0. The van der Waals surface area contributed by atoms with Crippen LogP contribution in [0.2, 0.25) is 0 Å². The third-order valence-electron chi connectivity index (χ3n) is 3.71. The third-order valence-corrected chi connectivity index (χ3v) is 3.71. The summed E-state index contributed by atoms with van der Waals surface area (Å²) in [5.41, 5.74) is 3.26. The molecule has 1 N–H and O–H groups in total. The van der Waals surface area contributed by atoms with Gasteiger partial charge in [0.15, 0.2) is 0 Å². The van der Waals surface area contributed by atoms with Gasteiger partial charge < -0.3 is 5.11 Å². The minimum atomic E-state index is -0.723. The lowest BCUT2D eigenvalue weighted by Gasteiger charge is -2.13. The molecule has 2 aromatic heterocycles. The summed E-state index contributed by atoms with van der Waals surface area (Å²) in [6, 6.07) is 5.95. The van der Waals surface area contributed by atoms with Crippen molar-refractivity contribution in [3.8, 4) is 0 Å². The van der Waals surface area contributed by atoms with Gasteiger partial charge in [0, 0.05) is 12.4 Å². The number of aryl methyl sites for hydroxylation is 3. The maximum atomic E-state index is 12.2. The Morgan fingerprint density at radius 3 is 2.45 bits per heavy atom. The topological polar surface area (TPSA) is 72.9 Å². The van der Waals surface area contributed by atoms with Crippen LogP contribution in [0.1, 0.15) is 22.8 Å². The van der Waals surface area contributed by atoms with Crippen molar-refractivity contribution in [2.75, 3.05) is 0 Å². The zero-order valence-corrected chi connectivity index (χ0v) is 12.8. The Kier molecular flexibility index (Phi) is 3.54. The first-order chi connectivity index (χ1) is 10.5. The molecule has 0 saturated heterocycles. The van der Waals surface area contributed by atoms with Gasteiger partial charge in [-0.15, -0.1) is 0 Å². The second kappa shape index (κ2) is 5.38. The van der Waals surface area contributed by atoms with Crippen LogP contribution in [0.4, 0.5) is 0 Å². The Bertz CT molecular complexity index is 875. The van der Waals surface area contributed by atoms with Gasteiger partial charge in [-0.3, -0.25) is 9.48 Å². The summed E-state index contributed by atoms with van der Waals surface area (Å²) in [5, 5.41) is 19.3. The van der Waals surface area contributed by atoms with E-state index in [9.17, 15) is 9.90 Å². The highest BCUT2D eigenvalue weighted by molar-refractivity contribution is 5.76. The van der Waals surface area contributed by atoms with E-state index in [0.717, 1.165) is 16.7 Å². The number of aliphatic hydroxyl groups is 1. The number of hydrogen-bond donors (Lipinski definition) is 1. The molecule has 0 radical (unpaired) electrons. The van der Waals surface area contributed by atoms with Crippen LogP contribution in [0.15, 0.2) is 35.4 Å². The first-order valence-corrected chi connectivity index (χ1v) is 7.10. The summed E-state index contributed by atoms with van der Waals surface area (Å²) in [6.45, 7) is 4.22. The average molecular weight is 298 g/mol. The van der Waals surface area contributed by atoms with Gasteiger partial charge in [-0.1, -0.05) is 29.3 Å². The number of aliphatic hydroxyl groups excluding tert-OH is 1. The molecule has 1 aromatic carbocycles. The van der Waals surface area contributed by atoms with E-state index < -0.39 is 6.10 Å². The van der Waals surface area contributed by atoms with Gasteiger partial charge in [-0.05, 0) is 19.4 Å². The number of fused-ring (bicyclic) bond motifs is 1. The standard InChI is InChI=1S/C16H18N4O2/c1-10-4-11(2)6-12(5-10)14(21)9-20-15-13(8-18-20)7-17-19(3)16(15)22/h4-8,14,21H,9H2,1-3H3. The van der Waals surface area contributed by atoms with Crippen LogP contribution in [-0.2, 0) is 13.6 Å². The quantitative estimate of drug-likeness (QED) is 0.795. The van der Waals surface area contributed by atoms with Gasteiger partial charge in [0.05, 0.1) is 25.0 Å². The lowest BCUT2D eigenvalue weighted by Crippen LogP contribution is -2.22. The molecule has 0 fully saturated rings. The minimum Gasteiger partial charge on any atom is -0.386 e. The first-order valence-electron chi connectivity index (χ1n) is 7.10. The molecular weight excluding hydrogens is 280 g/mol. The number of benzene rings is 1. The normalized spacial score (nSPS) is 12.7. The Labute approximate surface area is 127 Å². The van der Waals surface area contributed by atoms with Crippen LogP contribution in [-0.4, -0.2) is 24.7 Å². The van der Waals surface area contributed by atoms with E-state index in [-0.39, 0.29) is 12.1 Å². The van der Waals surface area contributed by atoms with E-state index >= 15 is 0 Å². The second-order valence-corrected chi connectivity index (χ2v) is 5.64. The maximum Gasteiger partial charge on any atom is 0.292 e. The number of rotatable bonds is 3. The van der Waals surface area contributed by atoms with Crippen molar-refractivity contribution in [2.24, 2.45) is 7.05 Å². The molecule has 0 amide bonds. The number of aromatic nitrogens is 4. The molecular formula is C16H18N4O2. The van der Waals surface area contributed by atoms with Crippen molar-refractivity contribution in [1.82, 2.24) is 19.6 Å². The first kappa shape index (κ1) is 14.5. The van der Waals surface area contributed by atoms with Crippen molar-refractivity contribution >= 4 is 10.9 Å². The van der Waals surface area contributed by atoms with Crippen molar-refractivity contribution in [3.05, 3.63) is 57.6 Å². The SMILES string of the molecule is Cc1cc(C)cc(C(O)Cn2ncc3cnn(C)c(=O)c32)c1. The van der Waals surface area contributed by atoms with E-state index in [1.165, 1.54) is 4.68 Å². The number of nitrogens with zero attached hydrogens (tertiary/aromatic N) is 4. The maximum absolute atomic E-state index is 12.2. The van der Waals surface area contributed by atoms with Gasteiger partial charge in [0.1, 0.15) is 5.52 Å². The molecule has 22 heavy (non-hydrogen) atoms. The summed E-state index contributed by atoms with van der Waals surface area (Å²) < 4.78 is 2.81. The second-order valence-electron chi connectivity index (χ2n) is 5.64. The summed E-state index contributed by atoms with van der Waals surface area (Å²) in [5.74, 6) is 0. The highest BCUT2D eigenvalue weighted by atomic mass is 16.3. The highest BCUT2D eigenvalue weighted by Crippen LogP contribution is 2.19. The monoisotopic (exact) mass is 298 g/mol. The Morgan fingerprint density at radius 2 is 1.77 bits per heavy atom. The molecule has 0 aliphatic heterocycles. The summed E-state index contributed by atoms with van der Waals surface area (Å²) in [4.78, 5) is 12.2. The van der Waals surface area contributed by atoms with E-state index in [1.54, 1.807) is 24.1 Å². The van der Waals surface area contributed by atoms with Crippen molar-refractivity contribution in [2.45, 2.75) is 26.5 Å². The third kappa shape index (κ3) is 2.53. The van der Waals surface area contributed by atoms with E-state index in [0.29, 0.717) is 10.9 Å². The molecule has 1 atom stereocenters. The molecule has 0 aliphatic rings. The van der Waals surface area contributed by atoms with Crippen molar-refractivity contribution in [3.63, 3.8) is 0 Å². The summed E-state index contributed by atoms with van der Waals surface area (Å²) in [6.07, 6.45) is 2.47. The molecule has 2 heterocycles. The lowest BCUT2D eigenvalue weighted by atomic mass is 10.0. The number of hydrogen-bond acceptors (Lipinski definition) is 4. The fourth-order valence-corrected chi connectivity index (χ4v) is 2.69. The van der Waals surface area contributed by atoms with Crippen molar-refractivity contribution in [1.29, 1.82) is 0 Å². The zero-order chi connectivity index (χ0) is 15.9. The predicted molar refractivity (Wildman–Crippen MR) is 83.6 cm³/mol. The molecule has 114 valence electrons. The Morgan fingerprint density at radius 1 is 1.14 bits per heavy atom. The average Bonchev–Trinajstić information content (AvgIpc) is 2.85. The molecule has 0 saturated carbocycles. The van der Waals surface area contributed by atoms with Crippen LogP contribution >= 0.6 is 0 Å². The smallest absolute Gasteiger partial charge is 0.292 e. The summed E-state index contributed by atoms with van der Waals surface area (Å²) in [7, 11) is 1.60. The molecule has 6 nitrogen and oxygen atoms in total. The van der Waals surface area contributed by atoms with Crippen LogP contribution in [0, 0.1) is 13.8 Å². The van der Waals surface area contributed by atoms with Crippen LogP contribution < -0.4 is 5.56 Å². The van der Waals surface area contributed by atoms with Gasteiger partial charge in [-0.25, -0.2) is 4.68 Å². The van der Waals surface area contributed by atoms with E-state index in [4.69, 9.17) is 0 Å². The fraction of sp³-hybridized carbons (Fsp3) is 0.312. The Hall–Kier alpha value is -2.47. The van der Waals surface area contributed by atoms with E-state index in [2.05, 4.69) is 16.3 Å². The van der Waals surface area contributed by atoms with E-state index in [1.807, 2.05) is 26.0 Å². The largest absolute Gasteiger partial charge is 0.386 e. The molecule has 0 spiro atoms. The minimum absolute atomic E-state index is 0.220. The van der Waals surface area contributed by atoms with Crippen molar-refractivity contribution < 1.29 is 5.11 Å². The van der Waals surface area contributed by atoms with Crippen LogP contribution in [0.25, 0.3) is 10.9 Å². The molecule has 3 aromatic rings. The van der Waals surface area contributed by atoms with Gasteiger partial charge >= 0.3 is 0 Å². The molecule has 0 aliphatic carbocycles. The fourth-order valence-electron chi connectivity index (χ4n) is 2.69. The molecule has 1 unspecified atom stereocenters. The van der Waals surface area contributed by atoms with Crippen LogP contribution in [0.5, 0.6) is 0 Å². The lowest BCUT2D eigenvalue weighted by molar-refractivity contribution is 0.153. The zero-order valence-electron chi connectivity index (χ0n) is 12.8. The molecule has 0 bridgehead atoms. The van der Waals surface area contributed by atoms with Gasteiger partial charge in [0.25, 0.3) is 5.56 Å². The van der Waals surface area contributed by atoms with Gasteiger partial charge in [0.2, 0.25) is 0 Å². The molecule has 6 heteroatoms.